The molecule has 0 aliphatic rings. The van der Waals surface area contributed by atoms with Gasteiger partial charge in [0.2, 0.25) is 5.75 Å². The van der Waals surface area contributed by atoms with Crippen molar-refractivity contribution in [3.8, 4) is 17.2 Å². The number of sulfonamides is 1. The fourth-order valence-electron chi connectivity index (χ4n) is 2.10. The van der Waals surface area contributed by atoms with E-state index >= 15 is 0 Å². The van der Waals surface area contributed by atoms with Gasteiger partial charge in [-0.25, -0.2) is 9.22 Å². The van der Waals surface area contributed by atoms with E-state index in [9.17, 15) is 12.8 Å². The molecule has 26 heavy (non-hydrogen) atoms. The summed E-state index contributed by atoms with van der Waals surface area (Å²) >= 11 is 0. The predicted octanol–water partition coefficient (Wildman–Crippen LogP) is 2.55. The lowest BCUT2D eigenvalue weighted by Crippen LogP contribution is -2.18. The average Bonchev–Trinajstić information content (AvgIpc) is 2.62. The molecule has 0 saturated carbocycles. The highest BCUT2D eigenvalue weighted by atomic mass is 32.2. The minimum atomic E-state index is -3.90. The summed E-state index contributed by atoms with van der Waals surface area (Å²) in [6, 6.07) is 7.67. The summed E-state index contributed by atoms with van der Waals surface area (Å²) in [6.07, 6.45) is 1.29. The van der Waals surface area contributed by atoms with Gasteiger partial charge in [0, 0.05) is 5.56 Å². The van der Waals surface area contributed by atoms with E-state index in [0.29, 0.717) is 29.4 Å². The quantitative estimate of drug-likeness (QED) is 0.560. The van der Waals surface area contributed by atoms with Crippen molar-refractivity contribution < 1.29 is 27.0 Å². The van der Waals surface area contributed by atoms with Crippen molar-refractivity contribution >= 4 is 16.2 Å². The van der Waals surface area contributed by atoms with Crippen LogP contribution in [0.15, 0.2) is 46.4 Å². The van der Waals surface area contributed by atoms with Crippen LogP contribution in [0.25, 0.3) is 0 Å². The van der Waals surface area contributed by atoms with Crippen molar-refractivity contribution in [2.75, 3.05) is 20.8 Å². The molecule has 0 unspecified atom stereocenters. The summed E-state index contributed by atoms with van der Waals surface area (Å²) in [5.41, 5.74) is 0.531. The van der Waals surface area contributed by atoms with Crippen LogP contribution in [0, 0.1) is 5.82 Å². The first-order chi connectivity index (χ1) is 12.4. The molecule has 0 bridgehead atoms. The summed E-state index contributed by atoms with van der Waals surface area (Å²) in [7, 11) is -0.934. The van der Waals surface area contributed by atoms with E-state index in [1.54, 1.807) is 12.1 Å². The Kier molecular flexibility index (Phi) is 6.40. The number of nitrogens with zero attached hydrogens (tertiary/aromatic N) is 1. The SMILES string of the molecule is CCOc1c(OC)cc(/C=N/NS(=O)(=O)c2ccc(F)cc2)cc1OC. The van der Waals surface area contributed by atoms with E-state index in [1.165, 1.54) is 20.4 Å². The fraction of sp³-hybridized carbons (Fsp3) is 0.235. The van der Waals surface area contributed by atoms with E-state index in [1.807, 2.05) is 6.92 Å². The first-order valence-electron chi connectivity index (χ1n) is 7.60. The van der Waals surface area contributed by atoms with Crippen molar-refractivity contribution in [3.63, 3.8) is 0 Å². The molecule has 0 aromatic heterocycles. The van der Waals surface area contributed by atoms with Crippen molar-refractivity contribution in [1.82, 2.24) is 4.83 Å². The molecule has 0 aliphatic carbocycles. The van der Waals surface area contributed by atoms with E-state index in [4.69, 9.17) is 14.2 Å². The van der Waals surface area contributed by atoms with Gasteiger partial charge in [0.1, 0.15) is 5.82 Å². The summed E-state index contributed by atoms with van der Waals surface area (Å²) in [6.45, 7) is 2.26. The maximum absolute atomic E-state index is 12.9. The number of ether oxygens (including phenoxy) is 3. The lowest BCUT2D eigenvalue weighted by molar-refractivity contribution is 0.288. The number of hydrogen-bond acceptors (Lipinski definition) is 6. The molecule has 0 heterocycles. The third kappa shape index (κ3) is 4.63. The monoisotopic (exact) mass is 382 g/mol. The van der Waals surface area contributed by atoms with Gasteiger partial charge in [0.25, 0.3) is 10.0 Å². The lowest BCUT2D eigenvalue weighted by Gasteiger charge is -2.14. The second kappa shape index (κ2) is 8.52. The highest BCUT2D eigenvalue weighted by Crippen LogP contribution is 2.38. The van der Waals surface area contributed by atoms with Gasteiger partial charge in [-0.15, -0.1) is 0 Å². The topological polar surface area (TPSA) is 86.2 Å². The number of methoxy groups -OCH3 is 2. The largest absolute Gasteiger partial charge is 0.493 e. The molecule has 0 amide bonds. The number of benzene rings is 2. The third-order valence-corrected chi connectivity index (χ3v) is 4.52. The van der Waals surface area contributed by atoms with Crippen molar-refractivity contribution in [1.29, 1.82) is 0 Å². The second-order valence-corrected chi connectivity index (χ2v) is 6.66. The molecule has 2 rings (SSSR count). The summed E-state index contributed by atoms with van der Waals surface area (Å²) in [4.78, 5) is 1.97. The first kappa shape index (κ1) is 19.5. The Bertz CT molecular complexity index is 858. The van der Waals surface area contributed by atoms with Gasteiger partial charge >= 0.3 is 0 Å². The third-order valence-electron chi connectivity index (χ3n) is 3.28. The molecule has 2 aromatic carbocycles. The Morgan fingerprint density at radius 3 is 2.19 bits per heavy atom. The molecule has 9 heteroatoms. The standard InChI is InChI=1S/C17H19FN2O5S/c1-4-25-17-15(23-2)9-12(10-16(17)24-3)11-19-20-26(21,22)14-7-5-13(18)6-8-14/h5-11,20H,4H2,1-3H3/b19-11+. The Labute approximate surface area is 151 Å². The molecule has 0 atom stereocenters. The minimum absolute atomic E-state index is 0.0992. The van der Waals surface area contributed by atoms with Crippen LogP contribution < -0.4 is 19.0 Å². The molecule has 7 nitrogen and oxygen atoms in total. The zero-order valence-electron chi connectivity index (χ0n) is 14.5. The molecule has 1 N–H and O–H groups in total. The first-order valence-corrected chi connectivity index (χ1v) is 9.08. The molecule has 0 spiro atoms. The summed E-state index contributed by atoms with van der Waals surface area (Å²) in [5, 5.41) is 3.73. The second-order valence-electron chi connectivity index (χ2n) is 4.99. The Balaban J connectivity index is 2.23. The van der Waals surface area contributed by atoms with Gasteiger partial charge in [-0.3, -0.25) is 0 Å². The summed E-state index contributed by atoms with van der Waals surface area (Å²) in [5.74, 6) is 0.769. The number of hydrazone groups is 1. The van der Waals surface area contributed by atoms with Gasteiger partial charge in [-0.05, 0) is 43.3 Å². The van der Waals surface area contributed by atoms with Gasteiger partial charge < -0.3 is 14.2 Å². The zero-order chi connectivity index (χ0) is 19.2. The maximum Gasteiger partial charge on any atom is 0.276 e. The molecule has 0 fully saturated rings. The van der Waals surface area contributed by atoms with Crippen molar-refractivity contribution in [2.45, 2.75) is 11.8 Å². The highest BCUT2D eigenvalue weighted by Gasteiger charge is 2.14. The highest BCUT2D eigenvalue weighted by molar-refractivity contribution is 7.89. The van der Waals surface area contributed by atoms with Gasteiger partial charge in [0.15, 0.2) is 11.5 Å². The average molecular weight is 382 g/mol. The maximum atomic E-state index is 12.9. The van der Waals surface area contributed by atoms with Crippen LogP contribution in [-0.4, -0.2) is 35.5 Å². The predicted molar refractivity (Wildman–Crippen MR) is 95.0 cm³/mol. The van der Waals surface area contributed by atoms with E-state index in [2.05, 4.69) is 9.93 Å². The molecular weight excluding hydrogens is 363 g/mol. The van der Waals surface area contributed by atoms with E-state index < -0.39 is 15.8 Å². The minimum Gasteiger partial charge on any atom is -0.493 e. The smallest absolute Gasteiger partial charge is 0.276 e. The Hall–Kier alpha value is -2.81. The van der Waals surface area contributed by atoms with Crippen molar-refractivity contribution in [2.24, 2.45) is 5.10 Å². The van der Waals surface area contributed by atoms with Gasteiger partial charge in [0.05, 0.1) is 31.9 Å². The normalized spacial score (nSPS) is 11.4. The van der Waals surface area contributed by atoms with Crippen LogP contribution in [0.2, 0.25) is 0 Å². The van der Waals surface area contributed by atoms with Crippen molar-refractivity contribution in [3.05, 3.63) is 47.8 Å². The molecule has 0 radical (unpaired) electrons. The summed E-state index contributed by atoms with van der Waals surface area (Å²) < 4.78 is 53.1. The molecule has 2 aromatic rings. The molecule has 0 saturated heterocycles. The number of nitrogens with one attached hydrogen (secondary N) is 1. The molecular formula is C17H19FN2O5S. The van der Waals surface area contributed by atoms with E-state index in [0.717, 1.165) is 24.3 Å². The van der Waals surface area contributed by atoms with Gasteiger partial charge in [-0.2, -0.15) is 13.5 Å². The molecule has 0 aliphatic heterocycles. The Morgan fingerprint density at radius 1 is 1.12 bits per heavy atom. The number of halogens is 1. The van der Waals surface area contributed by atoms with E-state index in [-0.39, 0.29) is 4.90 Å². The fourth-order valence-corrected chi connectivity index (χ4v) is 2.89. The van der Waals surface area contributed by atoms with Crippen LogP contribution in [0.1, 0.15) is 12.5 Å². The number of hydrogen-bond donors (Lipinski definition) is 1. The number of rotatable bonds is 8. The van der Waals surface area contributed by atoms with Crippen LogP contribution in [0.3, 0.4) is 0 Å². The lowest BCUT2D eigenvalue weighted by atomic mass is 10.2. The van der Waals surface area contributed by atoms with Crippen LogP contribution >= 0.6 is 0 Å². The van der Waals surface area contributed by atoms with Crippen LogP contribution in [0.4, 0.5) is 4.39 Å². The molecule has 140 valence electrons. The van der Waals surface area contributed by atoms with Gasteiger partial charge in [-0.1, -0.05) is 0 Å². The van der Waals surface area contributed by atoms with Crippen LogP contribution in [0.5, 0.6) is 17.2 Å². The van der Waals surface area contributed by atoms with Crippen LogP contribution in [-0.2, 0) is 10.0 Å². The Morgan fingerprint density at radius 2 is 1.69 bits per heavy atom. The zero-order valence-corrected chi connectivity index (χ0v) is 15.3.